The SMILES string of the molecule is [C-]#[N+]c1ccc(C(=O)N(C)c2ccc3c(c2)c(C(C)C)cc(=O)n3CC)cc1. The third-order valence-corrected chi connectivity index (χ3v) is 5.00. The molecule has 1 heterocycles. The minimum absolute atomic E-state index is 0.00391. The molecular formula is C23H23N3O2. The summed E-state index contributed by atoms with van der Waals surface area (Å²) < 4.78 is 1.75. The van der Waals surface area contributed by atoms with Crippen molar-refractivity contribution in [2.45, 2.75) is 33.2 Å². The lowest BCUT2D eigenvalue weighted by atomic mass is 9.98. The number of hydrogen-bond donors (Lipinski definition) is 0. The van der Waals surface area contributed by atoms with E-state index in [9.17, 15) is 9.59 Å². The average molecular weight is 373 g/mol. The van der Waals surface area contributed by atoms with E-state index in [-0.39, 0.29) is 17.4 Å². The van der Waals surface area contributed by atoms with E-state index in [1.807, 2.05) is 25.1 Å². The van der Waals surface area contributed by atoms with Crippen molar-refractivity contribution in [3.63, 3.8) is 0 Å². The number of hydrogen-bond acceptors (Lipinski definition) is 2. The molecule has 5 nitrogen and oxygen atoms in total. The Bertz CT molecular complexity index is 1140. The van der Waals surface area contributed by atoms with Crippen molar-refractivity contribution in [2.75, 3.05) is 11.9 Å². The molecule has 1 aromatic heterocycles. The smallest absolute Gasteiger partial charge is 0.257 e. The largest absolute Gasteiger partial charge is 0.311 e. The van der Waals surface area contributed by atoms with Gasteiger partial charge in [0, 0.05) is 36.3 Å². The van der Waals surface area contributed by atoms with Crippen molar-refractivity contribution in [2.24, 2.45) is 0 Å². The summed E-state index contributed by atoms with van der Waals surface area (Å²) in [6, 6.07) is 14.1. The molecule has 0 aliphatic rings. The molecule has 28 heavy (non-hydrogen) atoms. The predicted octanol–water partition coefficient (Wildman–Crippen LogP) is 4.97. The molecule has 3 aromatic rings. The van der Waals surface area contributed by atoms with Crippen LogP contribution in [0.15, 0.2) is 53.3 Å². The molecule has 3 rings (SSSR count). The first-order chi connectivity index (χ1) is 13.4. The third-order valence-electron chi connectivity index (χ3n) is 5.00. The Kier molecular flexibility index (Phi) is 5.32. The van der Waals surface area contributed by atoms with E-state index in [4.69, 9.17) is 6.57 Å². The second-order valence-corrected chi connectivity index (χ2v) is 7.06. The summed E-state index contributed by atoms with van der Waals surface area (Å²) in [4.78, 5) is 30.3. The van der Waals surface area contributed by atoms with Crippen LogP contribution in [0.2, 0.25) is 0 Å². The molecule has 0 saturated carbocycles. The van der Waals surface area contributed by atoms with E-state index in [0.29, 0.717) is 17.8 Å². The van der Waals surface area contributed by atoms with E-state index in [2.05, 4.69) is 18.7 Å². The molecule has 0 atom stereocenters. The van der Waals surface area contributed by atoms with Crippen LogP contribution in [0.5, 0.6) is 0 Å². The van der Waals surface area contributed by atoms with Crippen LogP contribution in [0.4, 0.5) is 11.4 Å². The van der Waals surface area contributed by atoms with Crippen molar-refractivity contribution in [3.05, 3.63) is 81.4 Å². The van der Waals surface area contributed by atoms with Crippen LogP contribution in [0.1, 0.15) is 42.6 Å². The Morgan fingerprint density at radius 1 is 1.14 bits per heavy atom. The van der Waals surface area contributed by atoms with Crippen molar-refractivity contribution < 1.29 is 4.79 Å². The Hall–Kier alpha value is -3.39. The number of aromatic nitrogens is 1. The number of carbonyl (C=O) groups excluding carboxylic acids is 1. The summed E-state index contributed by atoms with van der Waals surface area (Å²) in [5, 5.41) is 0.983. The number of amides is 1. The van der Waals surface area contributed by atoms with E-state index in [1.165, 1.54) is 0 Å². The maximum atomic E-state index is 12.9. The van der Waals surface area contributed by atoms with Gasteiger partial charge in [0.2, 0.25) is 0 Å². The number of benzene rings is 2. The molecule has 0 fully saturated rings. The van der Waals surface area contributed by atoms with Gasteiger partial charge in [-0.3, -0.25) is 9.59 Å². The monoisotopic (exact) mass is 373 g/mol. The number of carbonyl (C=O) groups is 1. The minimum Gasteiger partial charge on any atom is -0.311 e. The van der Waals surface area contributed by atoms with E-state index >= 15 is 0 Å². The topological polar surface area (TPSA) is 46.7 Å². The fourth-order valence-corrected chi connectivity index (χ4v) is 3.40. The maximum absolute atomic E-state index is 12.9. The maximum Gasteiger partial charge on any atom is 0.257 e. The second kappa shape index (κ2) is 7.69. The summed E-state index contributed by atoms with van der Waals surface area (Å²) in [5.41, 5.74) is 3.64. The van der Waals surface area contributed by atoms with Crippen LogP contribution in [0.3, 0.4) is 0 Å². The molecule has 0 aliphatic carbocycles. The number of aryl methyl sites for hydroxylation is 1. The molecule has 0 spiro atoms. The van der Waals surface area contributed by atoms with Crippen LogP contribution < -0.4 is 10.5 Å². The zero-order chi connectivity index (χ0) is 20.4. The quantitative estimate of drug-likeness (QED) is 0.606. The van der Waals surface area contributed by atoms with Gasteiger partial charge in [0.05, 0.1) is 12.1 Å². The molecule has 0 bridgehead atoms. The highest BCUT2D eigenvalue weighted by molar-refractivity contribution is 6.06. The fourth-order valence-electron chi connectivity index (χ4n) is 3.40. The molecule has 0 unspecified atom stereocenters. The zero-order valence-corrected chi connectivity index (χ0v) is 16.6. The number of rotatable bonds is 4. The van der Waals surface area contributed by atoms with Gasteiger partial charge >= 0.3 is 0 Å². The Labute approximate surface area is 164 Å². The van der Waals surface area contributed by atoms with Gasteiger partial charge in [-0.2, -0.15) is 0 Å². The normalized spacial score (nSPS) is 10.9. The van der Waals surface area contributed by atoms with Crippen molar-refractivity contribution >= 4 is 28.2 Å². The third kappa shape index (κ3) is 3.41. The molecular weight excluding hydrogens is 350 g/mol. The molecule has 2 aromatic carbocycles. The molecule has 0 saturated heterocycles. The van der Waals surface area contributed by atoms with Gasteiger partial charge in [-0.05, 0) is 36.6 Å². The number of anilines is 1. The van der Waals surface area contributed by atoms with Gasteiger partial charge in [0.15, 0.2) is 5.69 Å². The molecule has 0 radical (unpaired) electrons. The average Bonchev–Trinajstić information content (AvgIpc) is 2.71. The molecule has 5 heteroatoms. The van der Waals surface area contributed by atoms with E-state index < -0.39 is 0 Å². The zero-order valence-electron chi connectivity index (χ0n) is 16.6. The summed E-state index contributed by atoms with van der Waals surface area (Å²) in [6.45, 7) is 13.7. The Morgan fingerprint density at radius 2 is 1.82 bits per heavy atom. The van der Waals surface area contributed by atoms with E-state index in [1.54, 1.807) is 46.8 Å². The van der Waals surface area contributed by atoms with Crippen LogP contribution in [0.25, 0.3) is 15.7 Å². The van der Waals surface area contributed by atoms with Gasteiger partial charge in [-0.1, -0.05) is 38.1 Å². The molecule has 1 amide bonds. The summed E-state index contributed by atoms with van der Waals surface area (Å²) in [7, 11) is 1.73. The highest BCUT2D eigenvalue weighted by atomic mass is 16.2. The second-order valence-electron chi connectivity index (χ2n) is 7.06. The van der Waals surface area contributed by atoms with Gasteiger partial charge in [-0.15, -0.1) is 0 Å². The first-order valence-corrected chi connectivity index (χ1v) is 9.30. The summed E-state index contributed by atoms with van der Waals surface area (Å²) >= 11 is 0. The Morgan fingerprint density at radius 3 is 2.39 bits per heavy atom. The van der Waals surface area contributed by atoms with Gasteiger partial charge in [0.25, 0.3) is 11.5 Å². The highest BCUT2D eigenvalue weighted by Crippen LogP contribution is 2.28. The lowest BCUT2D eigenvalue weighted by Crippen LogP contribution is -2.26. The number of pyridine rings is 1. The standard InChI is InChI=1S/C23H23N3O2/c1-6-26-21-12-11-18(13-20(21)19(15(2)3)14-22(26)27)25(5)23(28)16-7-9-17(24-4)10-8-16/h7-15H,6H2,1-3,5H3. The van der Waals surface area contributed by atoms with E-state index in [0.717, 1.165) is 22.2 Å². The lowest BCUT2D eigenvalue weighted by molar-refractivity contribution is 0.0993. The van der Waals surface area contributed by atoms with Crippen LogP contribution in [-0.4, -0.2) is 17.5 Å². The van der Waals surface area contributed by atoms with Crippen LogP contribution >= 0.6 is 0 Å². The fraction of sp³-hybridized carbons (Fsp3) is 0.261. The molecule has 0 N–H and O–H groups in total. The lowest BCUT2D eigenvalue weighted by Gasteiger charge is -2.20. The first kappa shape index (κ1) is 19.4. The number of nitrogens with zero attached hydrogens (tertiary/aromatic N) is 3. The van der Waals surface area contributed by atoms with Gasteiger partial charge in [-0.25, -0.2) is 4.85 Å². The van der Waals surface area contributed by atoms with Gasteiger partial charge < -0.3 is 9.47 Å². The van der Waals surface area contributed by atoms with Crippen LogP contribution in [0, 0.1) is 6.57 Å². The summed E-state index contributed by atoms with van der Waals surface area (Å²) in [5.74, 6) is 0.0462. The van der Waals surface area contributed by atoms with Crippen molar-refractivity contribution in [3.8, 4) is 0 Å². The van der Waals surface area contributed by atoms with Gasteiger partial charge in [0.1, 0.15) is 0 Å². The molecule has 142 valence electrons. The van der Waals surface area contributed by atoms with Crippen LogP contribution in [-0.2, 0) is 6.54 Å². The highest BCUT2D eigenvalue weighted by Gasteiger charge is 2.16. The molecule has 0 aliphatic heterocycles. The van der Waals surface area contributed by atoms with Crippen molar-refractivity contribution in [1.29, 1.82) is 0 Å². The minimum atomic E-state index is -0.147. The summed E-state index contributed by atoms with van der Waals surface area (Å²) in [6.07, 6.45) is 0. The van der Waals surface area contributed by atoms with Crippen molar-refractivity contribution in [1.82, 2.24) is 4.57 Å². The number of fused-ring (bicyclic) bond motifs is 1. The predicted molar refractivity (Wildman–Crippen MR) is 113 cm³/mol. The Balaban J connectivity index is 2.09. The first-order valence-electron chi connectivity index (χ1n) is 9.30.